The molecule has 0 aromatic heterocycles. The molecule has 0 saturated heterocycles. The van der Waals surface area contributed by atoms with Crippen molar-refractivity contribution in [2.45, 2.75) is 0 Å². The topological polar surface area (TPSA) is 55.8 Å². The van der Waals surface area contributed by atoms with Crippen LogP contribution in [0.1, 0.15) is 10.4 Å². The van der Waals surface area contributed by atoms with E-state index in [0.29, 0.717) is 16.9 Å². The second-order valence-corrected chi connectivity index (χ2v) is 3.50. The van der Waals surface area contributed by atoms with Crippen molar-refractivity contribution in [1.82, 2.24) is 0 Å². The lowest BCUT2D eigenvalue weighted by atomic mass is 10.0. The molecular formula is C13H12O4. The maximum Gasteiger partial charge on any atom is 0.336 e. The number of carboxylic acid groups (broad SMARTS) is 1. The van der Waals surface area contributed by atoms with Crippen LogP contribution in [0.3, 0.4) is 0 Å². The molecule has 0 aliphatic carbocycles. The second kappa shape index (κ2) is 4.33. The van der Waals surface area contributed by atoms with Crippen LogP contribution >= 0.6 is 0 Å². The van der Waals surface area contributed by atoms with Crippen molar-refractivity contribution >= 4 is 16.7 Å². The van der Waals surface area contributed by atoms with Gasteiger partial charge >= 0.3 is 5.97 Å². The molecule has 0 heterocycles. The number of fused-ring (bicyclic) bond motifs is 1. The Kier molecular flexibility index (Phi) is 2.87. The van der Waals surface area contributed by atoms with Gasteiger partial charge in [0, 0.05) is 10.8 Å². The lowest BCUT2D eigenvalue weighted by Crippen LogP contribution is -1.99. The Morgan fingerprint density at radius 3 is 2.29 bits per heavy atom. The van der Waals surface area contributed by atoms with Crippen LogP contribution in [0.25, 0.3) is 10.8 Å². The predicted octanol–water partition coefficient (Wildman–Crippen LogP) is 2.56. The fraction of sp³-hybridized carbons (Fsp3) is 0.154. The van der Waals surface area contributed by atoms with E-state index in [4.69, 9.17) is 9.47 Å². The second-order valence-electron chi connectivity index (χ2n) is 3.50. The van der Waals surface area contributed by atoms with Crippen molar-refractivity contribution < 1.29 is 19.4 Å². The van der Waals surface area contributed by atoms with E-state index in [1.807, 2.05) is 6.07 Å². The zero-order valence-corrected chi connectivity index (χ0v) is 9.56. The summed E-state index contributed by atoms with van der Waals surface area (Å²) in [7, 11) is 3.06. The normalized spacial score (nSPS) is 10.2. The molecule has 17 heavy (non-hydrogen) atoms. The quantitative estimate of drug-likeness (QED) is 0.883. The first-order chi connectivity index (χ1) is 8.19. The van der Waals surface area contributed by atoms with Crippen LogP contribution in [-0.4, -0.2) is 25.3 Å². The number of ether oxygens (including phenoxy) is 2. The minimum Gasteiger partial charge on any atom is -0.496 e. The van der Waals surface area contributed by atoms with Crippen LogP contribution in [0.2, 0.25) is 0 Å². The molecule has 4 heteroatoms. The summed E-state index contributed by atoms with van der Waals surface area (Å²) in [6, 6.07) is 8.50. The Labute approximate surface area is 98.4 Å². The number of rotatable bonds is 3. The van der Waals surface area contributed by atoms with E-state index < -0.39 is 5.97 Å². The van der Waals surface area contributed by atoms with E-state index >= 15 is 0 Å². The fourth-order valence-electron chi connectivity index (χ4n) is 1.87. The first-order valence-corrected chi connectivity index (χ1v) is 5.06. The van der Waals surface area contributed by atoms with Gasteiger partial charge in [-0.2, -0.15) is 0 Å². The summed E-state index contributed by atoms with van der Waals surface area (Å²) >= 11 is 0. The minimum atomic E-state index is -0.984. The van der Waals surface area contributed by atoms with Gasteiger partial charge in [-0.15, -0.1) is 0 Å². The third-order valence-electron chi connectivity index (χ3n) is 2.63. The van der Waals surface area contributed by atoms with E-state index in [2.05, 4.69) is 0 Å². The Hall–Kier alpha value is -2.23. The molecule has 0 atom stereocenters. The van der Waals surface area contributed by atoms with Crippen LogP contribution in [0.5, 0.6) is 11.5 Å². The number of methoxy groups -OCH3 is 2. The number of aromatic carboxylic acids is 1. The highest BCUT2D eigenvalue weighted by atomic mass is 16.5. The van der Waals surface area contributed by atoms with Gasteiger partial charge in [-0.1, -0.05) is 12.1 Å². The van der Waals surface area contributed by atoms with Crippen LogP contribution in [0.4, 0.5) is 0 Å². The molecule has 2 aromatic rings. The molecule has 2 rings (SSSR count). The zero-order valence-electron chi connectivity index (χ0n) is 9.56. The van der Waals surface area contributed by atoms with E-state index in [-0.39, 0.29) is 5.56 Å². The summed E-state index contributed by atoms with van der Waals surface area (Å²) in [6.07, 6.45) is 0. The molecular weight excluding hydrogens is 220 g/mol. The Bertz CT molecular complexity index is 575. The summed E-state index contributed by atoms with van der Waals surface area (Å²) in [5, 5.41) is 10.5. The molecule has 4 nitrogen and oxygen atoms in total. The van der Waals surface area contributed by atoms with Gasteiger partial charge in [0.2, 0.25) is 0 Å². The standard InChI is InChI=1S/C13H12O4/c1-16-10-6-7-11(17-2)12-8(10)4-3-5-9(12)13(14)15/h3-7H,1-2H3,(H,14,15). The highest BCUT2D eigenvalue weighted by molar-refractivity contribution is 6.08. The molecule has 0 radical (unpaired) electrons. The van der Waals surface area contributed by atoms with Crippen LogP contribution in [0, 0.1) is 0 Å². The molecule has 0 unspecified atom stereocenters. The summed E-state index contributed by atoms with van der Waals surface area (Å²) in [5.74, 6) is 0.171. The van der Waals surface area contributed by atoms with Crippen molar-refractivity contribution in [2.75, 3.05) is 14.2 Å². The average Bonchev–Trinajstić information content (AvgIpc) is 2.36. The van der Waals surface area contributed by atoms with E-state index in [1.165, 1.54) is 7.11 Å². The molecule has 1 N–H and O–H groups in total. The number of carbonyl (C=O) groups is 1. The molecule has 88 valence electrons. The minimum absolute atomic E-state index is 0.207. The highest BCUT2D eigenvalue weighted by Gasteiger charge is 2.15. The van der Waals surface area contributed by atoms with Gasteiger partial charge in [-0.25, -0.2) is 4.79 Å². The number of hydrogen-bond acceptors (Lipinski definition) is 3. The van der Waals surface area contributed by atoms with Gasteiger partial charge in [0.15, 0.2) is 0 Å². The van der Waals surface area contributed by atoms with Crippen LogP contribution in [0.15, 0.2) is 30.3 Å². The molecule has 0 amide bonds. The Balaban J connectivity index is 2.90. The van der Waals surface area contributed by atoms with Crippen LogP contribution < -0.4 is 9.47 Å². The monoisotopic (exact) mass is 232 g/mol. The summed E-state index contributed by atoms with van der Waals surface area (Å²) in [6.45, 7) is 0. The van der Waals surface area contributed by atoms with Gasteiger partial charge in [0.25, 0.3) is 0 Å². The van der Waals surface area contributed by atoms with Gasteiger partial charge in [0.05, 0.1) is 19.8 Å². The number of carboxylic acids is 1. The fourth-order valence-corrected chi connectivity index (χ4v) is 1.87. The molecule has 0 saturated carbocycles. The Morgan fingerprint density at radius 1 is 1.06 bits per heavy atom. The summed E-state index contributed by atoms with van der Waals surface area (Å²) in [4.78, 5) is 11.2. The molecule has 0 aliphatic rings. The van der Waals surface area contributed by atoms with Crippen molar-refractivity contribution in [3.05, 3.63) is 35.9 Å². The SMILES string of the molecule is COc1ccc(OC)c2c(C(=O)O)cccc12. The Morgan fingerprint density at radius 2 is 1.71 bits per heavy atom. The molecule has 0 aliphatic heterocycles. The smallest absolute Gasteiger partial charge is 0.336 e. The zero-order chi connectivity index (χ0) is 12.4. The largest absolute Gasteiger partial charge is 0.496 e. The third kappa shape index (κ3) is 1.78. The highest BCUT2D eigenvalue weighted by Crippen LogP contribution is 2.35. The average molecular weight is 232 g/mol. The van der Waals surface area contributed by atoms with Gasteiger partial charge in [-0.3, -0.25) is 0 Å². The summed E-state index contributed by atoms with van der Waals surface area (Å²) < 4.78 is 10.4. The van der Waals surface area contributed by atoms with Crippen LogP contribution in [-0.2, 0) is 0 Å². The maximum absolute atomic E-state index is 11.2. The lowest BCUT2D eigenvalue weighted by molar-refractivity contribution is 0.0699. The molecule has 0 spiro atoms. The van der Waals surface area contributed by atoms with Crippen molar-refractivity contribution in [1.29, 1.82) is 0 Å². The van der Waals surface area contributed by atoms with Crippen molar-refractivity contribution in [3.8, 4) is 11.5 Å². The molecule has 0 bridgehead atoms. The van der Waals surface area contributed by atoms with Crippen molar-refractivity contribution in [2.24, 2.45) is 0 Å². The van der Waals surface area contributed by atoms with Gasteiger partial charge in [-0.05, 0) is 18.2 Å². The van der Waals surface area contributed by atoms with Gasteiger partial charge < -0.3 is 14.6 Å². The first-order valence-electron chi connectivity index (χ1n) is 5.06. The molecule has 0 fully saturated rings. The maximum atomic E-state index is 11.2. The summed E-state index contributed by atoms with van der Waals surface area (Å²) in [5.41, 5.74) is 0.207. The number of hydrogen-bond donors (Lipinski definition) is 1. The lowest BCUT2D eigenvalue weighted by Gasteiger charge is -2.11. The van der Waals surface area contributed by atoms with Gasteiger partial charge in [0.1, 0.15) is 11.5 Å². The van der Waals surface area contributed by atoms with Crippen molar-refractivity contribution in [3.63, 3.8) is 0 Å². The first kappa shape index (κ1) is 11.3. The van der Waals surface area contributed by atoms with E-state index in [0.717, 1.165) is 5.39 Å². The predicted molar refractivity (Wildman–Crippen MR) is 64.0 cm³/mol. The third-order valence-corrected chi connectivity index (χ3v) is 2.63. The molecule has 2 aromatic carbocycles. The van der Waals surface area contributed by atoms with E-state index in [9.17, 15) is 9.90 Å². The number of benzene rings is 2. The van der Waals surface area contributed by atoms with E-state index in [1.54, 1.807) is 31.4 Å².